The Morgan fingerprint density at radius 3 is 2.21 bits per heavy atom. The van der Waals surface area contributed by atoms with Gasteiger partial charge in [-0.25, -0.2) is 4.90 Å². The molecule has 4 rings (SSSR count). The zero-order valence-corrected chi connectivity index (χ0v) is 17.0. The Bertz CT molecular complexity index is 1090. The number of nitrogens with zero attached hydrogens (tertiary/aromatic N) is 1. The van der Waals surface area contributed by atoms with Crippen molar-refractivity contribution >= 4 is 45.0 Å². The van der Waals surface area contributed by atoms with Crippen LogP contribution in [0.15, 0.2) is 77.3 Å². The van der Waals surface area contributed by atoms with E-state index in [-0.39, 0.29) is 17.7 Å². The van der Waals surface area contributed by atoms with Gasteiger partial charge in [-0.3, -0.25) is 14.4 Å². The van der Waals surface area contributed by atoms with Crippen LogP contribution in [0.5, 0.6) is 0 Å². The molecule has 0 aliphatic carbocycles. The number of hydrogen-bond donors (Lipinski definition) is 1. The predicted molar refractivity (Wildman–Crippen MR) is 115 cm³/mol. The summed E-state index contributed by atoms with van der Waals surface area (Å²) in [6.45, 7) is 0. The first kappa shape index (κ1) is 19.1. The van der Waals surface area contributed by atoms with Crippen molar-refractivity contribution in [2.45, 2.75) is 12.8 Å². The number of aryl methyl sites for hydroxylation is 1. The second-order valence-corrected chi connectivity index (χ2v) is 7.54. The van der Waals surface area contributed by atoms with E-state index in [1.807, 2.05) is 24.3 Å². The number of nitrogens with one attached hydrogen (secondary N) is 1. The Kier molecular flexibility index (Phi) is 5.27. The molecule has 6 heteroatoms. The van der Waals surface area contributed by atoms with Gasteiger partial charge in [0.1, 0.15) is 0 Å². The SMILES string of the molecule is O=C(CCc1ccccc1Br)Nc1cccc(N2C(=O)c3ccccc3C2=O)c1. The summed E-state index contributed by atoms with van der Waals surface area (Å²) in [6, 6.07) is 21.3. The van der Waals surface area contributed by atoms with Crippen LogP contribution in [0.4, 0.5) is 11.4 Å². The smallest absolute Gasteiger partial charge is 0.266 e. The largest absolute Gasteiger partial charge is 0.326 e. The van der Waals surface area contributed by atoms with Crippen molar-refractivity contribution in [2.24, 2.45) is 0 Å². The maximum Gasteiger partial charge on any atom is 0.266 e. The Morgan fingerprint density at radius 1 is 0.862 bits per heavy atom. The molecule has 1 N–H and O–H groups in total. The molecular weight excluding hydrogens is 432 g/mol. The van der Waals surface area contributed by atoms with Crippen molar-refractivity contribution in [3.8, 4) is 0 Å². The van der Waals surface area contributed by atoms with Gasteiger partial charge in [-0.1, -0.05) is 52.3 Å². The molecule has 3 aromatic carbocycles. The van der Waals surface area contributed by atoms with Crippen molar-refractivity contribution in [1.82, 2.24) is 0 Å². The Morgan fingerprint density at radius 2 is 1.52 bits per heavy atom. The summed E-state index contributed by atoms with van der Waals surface area (Å²) in [5.74, 6) is -0.855. The third-order valence-electron chi connectivity index (χ3n) is 4.76. The van der Waals surface area contributed by atoms with Crippen molar-refractivity contribution < 1.29 is 14.4 Å². The summed E-state index contributed by atoms with van der Waals surface area (Å²) < 4.78 is 0.973. The normalized spacial score (nSPS) is 12.8. The molecule has 29 heavy (non-hydrogen) atoms. The number of carbonyl (C=O) groups is 3. The fourth-order valence-corrected chi connectivity index (χ4v) is 3.80. The van der Waals surface area contributed by atoms with Crippen molar-refractivity contribution in [3.63, 3.8) is 0 Å². The number of hydrogen-bond acceptors (Lipinski definition) is 3. The number of halogens is 1. The average Bonchev–Trinajstić information content (AvgIpc) is 2.98. The van der Waals surface area contributed by atoms with Crippen LogP contribution in [-0.4, -0.2) is 17.7 Å². The van der Waals surface area contributed by atoms with Crippen molar-refractivity contribution in [1.29, 1.82) is 0 Å². The molecule has 144 valence electrons. The van der Waals surface area contributed by atoms with Gasteiger partial charge in [-0.15, -0.1) is 0 Å². The van der Waals surface area contributed by atoms with E-state index in [0.29, 0.717) is 35.3 Å². The van der Waals surface area contributed by atoms with Crippen LogP contribution in [-0.2, 0) is 11.2 Å². The summed E-state index contributed by atoms with van der Waals surface area (Å²) in [4.78, 5) is 38.8. The molecule has 3 amide bonds. The lowest BCUT2D eigenvalue weighted by molar-refractivity contribution is -0.116. The van der Waals surface area contributed by atoms with Crippen LogP contribution >= 0.6 is 15.9 Å². The summed E-state index contributed by atoms with van der Waals surface area (Å²) in [5.41, 5.74) is 2.80. The fraction of sp³-hybridized carbons (Fsp3) is 0.0870. The zero-order chi connectivity index (χ0) is 20.4. The zero-order valence-electron chi connectivity index (χ0n) is 15.4. The van der Waals surface area contributed by atoms with E-state index in [1.54, 1.807) is 48.5 Å². The van der Waals surface area contributed by atoms with E-state index in [0.717, 1.165) is 14.9 Å². The van der Waals surface area contributed by atoms with Gasteiger partial charge >= 0.3 is 0 Å². The Balaban J connectivity index is 1.47. The highest BCUT2D eigenvalue weighted by atomic mass is 79.9. The predicted octanol–water partition coefficient (Wildman–Crippen LogP) is 4.82. The lowest BCUT2D eigenvalue weighted by Gasteiger charge is -2.15. The first-order valence-electron chi connectivity index (χ1n) is 9.16. The number of fused-ring (bicyclic) bond motifs is 1. The molecule has 0 spiro atoms. The third-order valence-corrected chi connectivity index (χ3v) is 5.54. The summed E-state index contributed by atoms with van der Waals surface area (Å²) in [7, 11) is 0. The molecule has 0 fully saturated rings. The van der Waals surface area contributed by atoms with Crippen LogP contribution in [0, 0.1) is 0 Å². The number of carbonyl (C=O) groups excluding carboxylic acids is 3. The topological polar surface area (TPSA) is 66.5 Å². The van der Waals surface area contributed by atoms with Crippen LogP contribution in [0.3, 0.4) is 0 Å². The van der Waals surface area contributed by atoms with Crippen molar-refractivity contribution in [3.05, 3.63) is 94.0 Å². The van der Waals surface area contributed by atoms with Gasteiger partial charge in [-0.05, 0) is 48.4 Å². The monoisotopic (exact) mass is 448 g/mol. The molecule has 5 nitrogen and oxygen atoms in total. The van der Waals surface area contributed by atoms with E-state index in [4.69, 9.17) is 0 Å². The molecule has 0 saturated carbocycles. The number of anilines is 2. The molecule has 1 heterocycles. The first-order valence-corrected chi connectivity index (χ1v) is 9.95. The minimum Gasteiger partial charge on any atom is -0.326 e. The van der Waals surface area contributed by atoms with Crippen LogP contribution in [0.25, 0.3) is 0 Å². The summed E-state index contributed by atoms with van der Waals surface area (Å²) in [6.07, 6.45) is 0.922. The number of imide groups is 1. The molecule has 0 bridgehead atoms. The molecule has 1 aliphatic heterocycles. The standard InChI is InChI=1S/C23H17BrN2O3/c24-20-11-4-1-6-15(20)12-13-21(27)25-16-7-5-8-17(14-16)26-22(28)18-9-2-3-10-19(18)23(26)29/h1-11,14H,12-13H2,(H,25,27). The number of benzene rings is 3. The van der Waals surface area contributed by atoms with Crippen molar-refractivity contribution in [2.75, 3.05) is 10.2 Å². The lowest BCUT2D eigenvalue weighted by Crippen LogP contribution is -2.29. The quantitative estimate of drug-likeness (QED) is 0.568. The van der Waals surface area contributed by atoms with Gasteiger partial charge in [0.25, 0.3) is 11.8 Å². The third kappa shape index (κ3) is 3.84. The van der Waals surface area contributed by atoms with E-state index < -0.39 is 0 Å². The maximum absolute atomic E-state index is 12.6. The highest BCUT2D eigenvalue weighted by molar-refractivity contribution is 9.10. The van der Waals surface area contributed by atoms with Crippen LogP contribution in [0.2, 0.25) is 0 Å². The van der Waals surface area contributed by atoms with Gasteiger partial charge in [0.2, 0.25) is 5.91 Å². The maximum atomic E-state index is 12.6. The van der Waals surface area contributed by atoms with Gasteiger partial charge in [-0.2, -0.15) is 0 Å². The molecule has 3 aromatic rings. The van der Waals surface area contributed by atoms with E-state index in [1.165, 1.54) is 0 Å². The summed E-state index contributed by atoms with van der Waals surface area (Å²) in [5, 5.41) is 2.84. The minimum absolute atomic E-state index is 0.139. The van der Waals surface area contributed by atoms with Gasteiger partial charge in [0, 0.05) is 16.6 Å². The second kappa shape index (κ2) is 8.01. The lowest BCUT2D eigenvalue weighted by atomic mass is 10.1. The van der Waals surface area contributed by atoms with Gasteiger partial charge in [0.15, 0.2) is 0 Å². The highest BCUT2D eigenvalue weighted by Crippen LogP contribution is 2.29. The Hall–Kier alpha value is -3.25. The molecule has 0 aromatic heterocycles. The molecule has 0 saturated heterocycles. The second-order valence-electron chi connectivity index (χ2n) is 6.68. The molecule has 1 aliphatic rings. The van der Waals surface area contributed by atoms with Gasteiger partial charge < -0.3 is 5.32 Å². The van der Waals surface area contributed by atoms with Crippen LogP contribution < -0.4 is 10.2 Å². The van der Waals surface area contributed by atoms with E-state index in [9.17, 15) is 14.4 Å². The summed E-state index contributed by atoms with van der Waals surface area (Å²) >= 11 is 3.48. The number of rotatable bonds is 5. The Labute approximate surface area is 176 Å². The van der Waals surface area contributed by atoms with E-state index in [2.05, 4.69) is 21.2 Å². The fourth-order valence-electron chi connectivity index (χ4n) is 3.32. The number of amides is 3. The highest BCUT2D eigenvalue weighted by Gasteiger charge is 2.36. The van der Waals surface area contributed by atoms with Gasteiger partial charge in [0.05, 0.1) is 16.8 Å². The molecular formula is C23H17BrN2O3. The molecule has 0 radical (unpaired) electrons. The van der Waals surface area contributed by atoms with E-state index >= 15 is 0 Å². The first-order chi connectivity index (χ1) is 14.0. The molecule has 0 unspecified atom stereocenters. The van der Waals surface area contributed by atoms with Crippen LogP contribution in [0.1, 0.15) is 32.7 Å². The molecule has 0 atom stereocenters. The average molecular weight is 449 g/mol. The minimum atomic E-state index is -0.358.